The molecular formula is C11H10Cl2O. The number of ketones is 1. The van der Waals surface area contributed by atoms with Crippen LogP contribution in [0.2, 0.25) is 0 Å². The van der Waals surface area contributed by atoms with E-state index in [0.717, 1.165) is 5.56 Å². The van der Waals surface area contributed by atoms with Gasteiger partial charge in [0.05, 0.1) is 0 Å². The zero-order valence-corrected chi connectivity index (χ0v) is 9.22. The van der Waals surface area contributed by atoms with Gasteiger partial charge in [0, 0.05) is 11.8 Å². The molecule has 0 aliphatic heterocycles. The summed E-state index contributed by atoms with van der Waals surface area (Å²) < 4.78 is -1.22. The van der Waals surface area contributed by atoms with E-state index in [-0.39, 0.29) is 17.6 Å². The van der Waals surface area contributed by atoms with Gasteiger partial charge in [0.2, 0.25) is 0 Å². The molecular weight excluding hydrogens is 219 g/mol. The van der Waals surface area contributed by atoms with E-state index in [4.69, 9.17) is 23.2 Å². The molecule has 0 heterocycles. The highest BCUT2D eigenvalue weighted by Crippen LogP contribution is 2.54. The van der Waals surface area contributed by atoms with E-state index in [2.05, 4.69) is 0 Å². The van der Waals surface area contributed by atoms with Crippen LogP contribution in [0.4, 0.5) is 0 Å². The number of hydrogen-bond acceptors (Lipinski definition) is 1. The Bertz CT molecular complexity index is 359. The van der Waals surface area contributed by atoms with Crippen molar-refractivity contribution >= 4 is 29.0 Å². The van der Waals surface area contributed by atoms with Crippen molar-refractivity contribution in [3.8, 4) is 0 Å². The van der Waals surface area contributed by atoms with Crippen LogP contribution in [0.3, 0.4) is 0 Å². The Morgan fingerprint density at radius 1 is 1.21 bits per heavy atom. The Morgan fingerprint density at radius 2 is 1.79 bits per heavy atom. The summed E-state index contributed by atoms with van der Waals surface area (Å²) in [6, 6.07) is 9.68. The van der Waals surface area contributed by atoms with Crippen LogP contribution in [-0.4, -0.2) is 10.1 Å². The third-order valence-electron chi connectivity index (χ3n) is 2.79. The third-order valence-corrected chi connectivity index (χ3v) is 3.63. The van der Waals surface area contributed by atoms with Gasteiger partial charge in [0.25, 0.3) is 0 Å². The van der Waals surface area contributed by atoms with Gasteiger partial charge in [-0.1, -0.05) is 60.5 Å². The summed E-state index contributed by atoms with van der Waals surface area (Å²) in [7, 11) is 0. The van der Waals surface area contributed by atoms with Crippen LogP contribution in [0.25, 0.3) is 0 Å². The Morgan fingerprint density at radius 3 is 2.29 bits per heavy atom. The molecule has 2 rings (SSSR count). The SMILES string of the molecule is C[C@H]1C(=O)C(Cl)(Cl)[C@@H]1c1ccccc1. The molecule has 0 N–H and O–H groups in total. The van der Waals surface area contributed by atoms with Crippen molar-refractivity contribution in [2.75, 3.05) is 0 Å². The number of hydrogen-bond donors (Lipinski definition) is 0. The molecule has 1 aromatic carbocycles. The lowest BCUT2D eigenvalue weighted by atomic mass is 9.69. The molecule has 0 aromatic heterocycles. The molecule has 3 heteroatoms. The maximum absolute atomic E-state index is 11.4. The van der Waals surface area contributed by atoms with Crippen LogP contribution in [-0.2, 0) is 4.79 Å². The monoisotopic (exact) mass is 228 g/mol. The first kappa shape index (κ1) is 10.0. The molecule has 1 nitrogen and oxygen atoms in total. The van der Waals surface area contributed by atoms with Crippen molar-refractivity contribution in [3.63, 3.8) is 0 Å². The zero-order chi connectivity index (χ0) is 10.3. The summed E-state index contributed by atoms with van der Waals surface area (Å²) in [5, 5.41) is 0. The van der Waals surface area contributed by atoms with Gasteiger partial charge in [-0.25, -0.2) is 0 Å². The average molecular weight is 229 g/mol. The standard InChI is InChI=1S/C11H10Cl2O/c1-7-9(11(12,13)10(7)14)8-5-3-2-4-6-8/h2-7,9H,1H3/t7-,9+/m1/s1. The van der Waals surface area contributed by atoms with Gasteiger partial charge in [-0.15, -0.1) is 0 Å². The average Bonchev–Trinajstić information content (AvgIpc) is 2.18. The number of carbonyl (C=O) groups is 1. The number of alkyl halides is 2. The molecule has 0 spiro atoms. The van der Waals surface area contributed by atoms with Crippen LogP contribution < -0.4 is 0 Å². The zero-order valence-electron chi connectivity index (χ0n) is 7.71. The lowest BCUT2D eigenvalue weighted by molar-refractivity contribution is -0.131. The van der Waals surface area contributed by atoms with E-state index in [1.807, 2.05) is 37.3 Å². The summed E-state index contributed by atoms with van der Waals surface area (Å²) in [6.07, 6.45) is 0. The lowest BCUT2D eigenvalue weighted by Crippen LogP contribution is -2.53. The summed E-state index contributed by atoms with van der Waals surface area (Å²) in [6.45, 7) is 1.86. The van der Waals surface area contributed by atoms with E-state index in [1.165, 1.54) is 0 Å². The summed E-state index contributed by atoms with van der Waals surface area (Å²) >= 11 is 11.9. The molecule has 0 radical (unpaired) electrons. The molecule has 0 saturated heterocycles. The van der Waals surface area contributed by atoms with Gasteiger partial charge in [-0.2, -0.15) is 0 Å². The molecule has 0 amide bonds. The minimum atomic E-state index is -1.22. The summed E-state index contributed by atoms with van der Waals surface area (Å²) in [5.74, 6) is -0.221. The molecule has 14 heavy (non-hydrogen) atoms. The smallest absolute Gasteiger partial charge is 0.183 e. The van der Waals surface area contributed by atoms with E-state index in [1.54, 1.807) is 0 Å². The molecule has 2 atom stereocenters. The fraction of sp³-hybridized carbons (Fsp3) is 0.364. The lowest BCUT2D eigenvalue weighted by Gasteiger charge is -2.44. The number of benzene rings is 1. The second-order valence-electron chi connectivity index (χ2n) is 3.66. The second kappa shape index (κ2) is 3.25. The Balaban J connectivity index is 2.34. The number of Topliss-reactive ketones (excluding diaryl/α,β-unsaturated/α-hetero) is 1. The Labute approximate surface area is 93.0 Å². The maximum Gasteiger partial charge on any atom is 0.183 e. The van der Waals surface area contributed by atoms with Gasteiger partial charge in [-0.05, 0) is 5.56 Å². The minimum Gasteiger partial charge on any atom is -0.296 e. The molecule has 1 aliphatic carbocycles. The molecule has 74 valence electrons. The third kappa shape index (κ3) is 1.27. The molecule has 1 aliphatic rings. The fourth-order valence-electron chi connectivity index (χ4n) is 1.98. The first-order valence-corrected chi connectivity index (χ1v) is 5.28. The summed E-state index contributed by atoms with van der Waals surface area (Å²) in [5.41, 5.74) is 1.03. The van der Waals surface area contributed by atoms with Gasteiger partial charge < -0.3 is 0 Å². The van der Waals surface area contributed by atoms with Crippen LogP contribution in [0.5, 0.6) is 0 Å². The largest absolute Gasteiger partial charge is 0.296 e. The van der Waals surface area contributed by atoms with Gasteiger partial charge >= 0.3 is 0 Å². The van der Waals surface area contributed by atoms with Crippen LogP contribution in [0.1, 0.15) is 18.4 Å². The van der Waals surface area contributed by atoms with Crippen LogP contribution >= 0.6 is 23.2 Å². The van der Waals surface area contributed by atoms with Crippen molar-refractivity contribution in [2.24, 2.45) is 5.92 Å². The topological polar surface area (TPSA) is 17.1 Å². The van der Waals surface area contributed by atoms with Crippen molar-refractivity contribution in [3.05, 3.63) is 35.9 Å². The molecule has 1 aromatic rings. The van der Waals surface area contributed by atoms with Crippen molar-refractivity contribution in [1.29, 1.82) is 0 Å². The molecule has 0 unspecified atom stereocenters. The molecule has 0 bridgehead atoms. The first-order valence-electron chi connectivity index (χ1n) is 4.52. The van der Waals surface area contributed by atoms with Crippen LogP contribution in [0.15, 0.2) is 30.3 Å². The van der Waals surface area contributed by atoms with Crippen LogP contribution in [0, 0.1) is 5.92 Å². The van der Waals surface area contributed by atoms with Gasteiger partial charge in [0.15, 0.2) is 10.1 Å². The minimum absolute atomic E-state index is 0.0699. The van der Waals surface area contributed by atoms with E-state index in [0.29, 0.717) is 0 Å². The predicted molar refractivity (Wildman–Crippen MR) is 57.8 cm³/mol. The highest BCUT2D eigenvalue weighted by molar-refractivity contribution is 6.61. The van der Waals surface area contributed by atoms with E-state index >= 15 is 0 Å². The van der Waals surface area contributed by atoms with E-state index in [9.17, 15) is 4.79 Å². The maximum atomic E-state index is 11.4. The molecule has 1 fully saturated rings. The normalized spacial score (nSPS) is 29.8. The summed E-state index contributed by atoms with van der Waals surface area (Å²) in [4.78, 5) is 11.4. The van der Waals surface area contributed by atoms with Crippen molar-refractivity contribution in [2.45, 2.75) is 17.2 Å². The Kier molecular flexibility index (Phi) is 2.32. The fourth-order valence-corrected chi connectivity index (χ4v) is 2.96. The number of carbonyl (C=O) groups excluding carboxylic acids is 1. The van der Waals surface area contributed by atoms with Gasteiger partial charge in [0.1, 0.15) is 0 Å². The van der Waals surface area contributed by atoms with E-state index < -0.39 is 4.33 Å². The quantitative estimate of drug-likeness (QED) is 0.676. The number of rotatable bonds is 1. The first-order chi connectivity index (χ1) is 6.55. The number of halogens is 2. The molecule has 1 saturated carbocycles. The highest BCUT2D eigenvalue weighted by atomic mass is 35.5. The highest BCUT2D eigenvalue weighted by Gasteiger charge is 2.58. The van der Waals surface area contributed by atoms with Crippen molar-refractivity contribution < 1.29 is 4.79 Å². The second-order valence-corrected chi connectivity index (χ2v) is 5.05. The predicted octanol–water partition coefficient (Wildman–Crippen LogP) is 3.16. The van der Waals surface area contributed by atoms with Crippen molar-refractivity contribution in [1.82, 2.24) is 0 Å². The van der Waals surface area contributed by atoms with Gasteiger partial charge in [-0.3, -0.25) is 4.79 Å². The Hall–Kier alpha value is -0.530.